The molecule has 40 heavy (non-hydrogen) atoms. The Labute approximate surface area is 237 Å². The second kappa shape index (κ2) is 13.4. The lowest BCUT2D eigenvalue weighted by atomic mass is 9.88. The fraction of sp³-hybridized carbons (Fsp3) is 0.355. The summed E-state index contributed by atoms with van der Waals surface area (Å²) < 4.78 is 19.3. The van der Waals surface area contributed by atoms with Crippen LogP contribution in [0.3, 0.4) is 0 Å². The summed E-state index contributed by atoms with van der Waals surface area (Å²) >= 11 is 1.14. The fourth-order valence-corrected chi connectivity index (χ4v) is 5.40. The van der Waals surface area contributed by atoms with Crippen LogP contribution in [-0.4, -0.2) is 30.4 Å². The number of hydrogen-bond donors (Lipinski definition) is 0. The van der Waals surface area contributed by atoms with Gasteiger partial charge in [-0.15, -0.1) is 4.91 Å². The maximum atomic E-state index is 12.7. The molecule has 0 fully saturated rings. The Morgan fingerprint density at radius 3 is 2.27 bits per heavy atom. The van der Waals surface area contributed by atoms with Crippen molar-refractivity contribution < 1.29 is 19.0 Å². The van der Waals surface area contributed by atoms with Gasteiger partial charge in [-0.05, 0) is 81.1 Å². The van der Waals surface area contributed by atoms with Crippen LogP contribution in [0.2, 0.25) is 0 Å². The van der Waals surface area contributed by atoms with Gasteiger partial charge in [0.05, 0.1) is 35.4 Å². The predicted molar refractivity (Wildman–Crippen MR) is 157 cm³/mol. The first-order valence-corrected chi connectivity index (χ1v) is 14.2. The number of esters is 1. The Bertz CT molecular complexity index is 1480. The fourth-order valence-electron chi connectivity index (χ4n) is 4.43. The average molecular weight is 563 g/mol. The van der Waals surface area contributed by atoms with E-state index >= 15 is 0 Å². The quantitative estimate of drug-likeness (QED) is 0.0959. The third-order valence-electron chi connectivity index (χ3n) is 6.68. The first-order chi connectivity index (χ1) is 19.3. The van der Waals surface area contributed by atoms with Crippen molar-refractivity contribution in [2.45, 2.75) is 46.2 Å². The van der Waals surface area contributed by atoms with Gasteiger partial charge < -0.3 is 14.2 Å². The maximum absolute atomic E-state index is 12.7. The Morgan fingerprint density at radius 2 is 1.62 bits per heavy atom. The summed E-state index contributed by atoms with van der Waals surface area (Å²) in [6.07, 6.45) is 1.40. The number of nitroso groups, excluding NO2 is 1. The molecule has 3 aromatic carbocycles. The lowest BCUT2D eigenvalue weighted by molar-refractivity contribution is -0.153. The number of benzene rings is 3. The van der Waals surface area contributed by atoms with Crippen LogP contribution in [0.15, 0.2) is 82.8 Å². The monoisotopic (exact) mass is 562 g/mol. The number of hydrogen-bond acceptors (Lipinski definition) is 8. The smallest absolute Gasteiger partial charge is 0.311 e. The van der Waals surface area contributed by atoms with Gasteiger partial charge >= 0.3 is 10.8 Å². The van der Waals surface area contributed by atoms with Crippen molar-refractivity contribution in [3.63, 3.8) is 0 Å². The van der Waals surface area contributed by atoms with Crippen LogP contribution in [0, 0.1) is 10.3 Å². The molecule has 0 aliphatic heterocycles. The molecular formula is C31H34N2O6S. The van der Waals surface area contributed by atoms with Gasteiger partial charge in [0, 0.05) is 0 Å². The highest BCUT2D eigenvalue weighted by Crippen LogP contribution is 2.30. The molecule has 0 saturated carbocycles. The van der Waals surface area contributed by atoms with Gasteiger partial charge in [-0.2, -0.15) is 0 Å². The molecule has 0 bridgehead atoms. The Balaban J connectivity index is 1.29. The van der Waals surface area contributed by atoms with Crippen molar-refractivity contribution in [1.29, 1.82) is 0 Å². The van der Waals surface area contributed by atoms with Crippen LogP contribution in [-0.2, 0) is 16.1 Å². The van der Waals surface area contributed by atoms with E-state index in [9.17, 15) is 14.5 Å². The molecule has 1 aromatic heterocycles. The van der Waals surface area contributed by atoms with Crippen LogP contribution >= 0.6 is 11.3 Å². The zero-order valence-corrected chi connectivity index (χ0v) is 23.8. The molecule has 9 heteroatoms. The van der Waals surface area contributed by atoms with E-state index in [1.165, 1.54) is 0 Å². The van der Waals surface area contributed by atoms with E-state index in [0.29, 0.717) is 38.5 Å². The van der Waals surface area contributed by atoms with Crippen molar-refractivity contribution >= 4 is 27.5 Å². The second-order valence-electron chi connectivity index (χ2n) is 10.0. The highest BCUT2D eigenvalue weighted by Gasteiger charge is 2.28. The van der Waals surface area contributed by atoms with Crippen molar-refractivity contribution in [3.8, 4) is 11.5 Å². The number of fused-ring (bicyclic) bond motifs is 1. The second-order valence-corrected chi connectivity index (χ2v) is 11.0. The highest BCUT2D eigenvalue weighted by molar-refractivity contribution is 7.16. The topological polar surface area (TPSA) is 96.2 Å². The van der Waals surface area contributed by atoms with Crippen LogP contribution < -0.4 is 14.3 Å². The van der Waals surface area contributed by atoms with Gasteiger partial charge in [-0.3, -0.25) is 14.2 Å². The Hall–Kier alpha value is -3.98. The zero-order valence-electron chi connectivity index (χ0n) is 23.0. The number of rotatable bonds is 14. The molecule has 0 N–H and O–H groups in total. The van der Waals surface area contributed by atoms with Crippen molar-refractivity contribution in [2.24, 2.45) is 10.6 Å². The third-order valence-corrected chi connectivity index (χ3v) is 7.62. The number of ether oxygens (including phenoxy) is 3. The van der Waals surface area contributed by atoms with Crippen LogP contribution in [0.4, 0.5) is 0 Å². The first-order valence-electron chi connectivity index (χ1n) is 13.4. The van der Waals surface area contributed by atoms with E-state index in [1.54, 1.807) is 11.5 Å². The van der Waals surface area contributed by atoms with Gasteiger partial charge in [-0.25, -0.2) is 0 Å². The Morgan fingerprint density at radius 1 is 0.950 bits per heavy atom. The molecule has 8 nitrogen and oxygen atoms in total. The van der Waals surface area contributed by atoms with E-state index in [4.69, 9.17) is 14.2 Å². The van der Waals surface area contributed by atoms with Crippen LogP contribution in [0.5, 0.6) is 11.5 Å². The first kappa shape index (κ1) is 29.0. The summed E-state index contributed by atoms with van der Waals surface area (Å²) in [5, 5.41) is 3.32. The van der Waals surface area contributed by atoms with Crippen molar-refractivity contribution in [3.05, 3.63) is 98.5 Å². The van der Waals surface area contributed by atoms with Crippen LogP contribution in [0.1, 0.15) is 50.8 Å². The molecule has 0 amide bonds. The van der Waals surface area contributed by atoms with Gasteiger partial charge in [0.15, 0.2) is 0 Å². The summed E-state index contributed by atoms with van der Waals surface area (Å²) in [7, 11) is 0. The predicted octanol–water partition coefficient (Wildman–Crippen LogP) is 6.75. The maximum Gasteiger partial charge on any atom is 0.311 e. The summed E-state index contributed by atoms with van der Waals surface area (Å²) in [5.74, 6) is 1.20. The molecule has 0 aliphatic rings. The summed E-state index contributed by atoms with van der Waals surface area (Å²) in [4.78, 5) is 36.2. The van der Waals surface area contributed by atoms with E-state index in [2.05, 4.69) is 5.18 Å². The molecule has 0 aliphatic carbocycles. The number of thiazole rings is 1. The Kier molecular flexibility index (Phi) is 9.71. The molecule has 1 atom stereocenters. The van der Waals surface area contributed by atoms with Crippen molar-refractivity contribution in [1.82, 2.24) is 4.57 Å². The molecule has 0 saturated heterocycles. The normalized spacial score (nSPS) is 12.2. The van der Waals surface area contributed by atoms with Crippen molar-refractivity contribution in [2.75, 3.05) is 19.8 Å². The minimum atomic E-state index is -0.622. The lowest BCUT2D eigenvalue weighted by Crippen LogP contribution is -2.27. The third kappa shape index (κ3) is 7.15. The molecule has 210 valence electrons. The van der Waals surface area contributed by atoms with E-state index < -0.39 is 11.5 Å². The highest BCUT2D eigenvalue weighted by atomic mass is 32.1. The standard InChI is InChI=1S/C31H34N2O6S/c1-4-37-29(34)31(2,3)17-8-19-38-24-12-14-25(15-13-24)39-20-18-33-26-16-11-23(21-27(26)40-30(33)35)28(32-36)22-9-6-5-7-10-22/h5-7,9-16,21,28H,4,8,17-20H2,1-3H3. The molecule has 4 aromatic rings. The molecule has 0 radical (unpaired) electrons. The summed E-state index contributed by atoms with van der Waals surface area (Å²) in [5.41, 5.74) is 1.83. The lowest BCUT2D eigenvalue weighted by Gasteiger charge is -2.22. The molecule has 1 unspecified atom stereocenters. The number of carbonyl (C=O) groups is 1. The average Bonchev–Trinajstić information content (AvgIpc) is 3.27. The van der Waals surface area contributed by atoms with E-state index in [-0.39, 0.29) is 10.8 Å². The molecular weight excluding hydrogens is 528 g/mol. The molecule has 0 spiro atoms. The SMILES string of the molecule is CCOC(=O)C(C)(C)CCCOc1ccc(OCCn2c(=O)sc3cc(C(N=O)c4ccccc4)ccc32)cc1. The number of carbonyl (C=O) groups excluding carboxylic acids is 1. The van der Waals surface area contributed by atoms with Gasteiger partial charge in [0.2, 0.25) is 0 Å². The summed E-state index contributed by atoms with van der Waals surface area (Å²) in [6.45, 7) is 7.15. The number of nitrogens with zero attached hydrogens (tertiary/aromatic N) is 2. The minimum absolute atomic E-state index is 0.0824. The number of aromatic nitrogens is 1. The zero-order chi connectivity index (χ0) is 28.5. The van der Waals surface area contributed by atoms with Gasteiger partial charge in [-0.1, -0.05) is 52.9 Å². The molecule has 4 rings (SSSR count). The van der Waals surface area contributed by atoms with Crippen LogP contribution in [0.25, 0.3) is 10.2 Å². The van der Waals surface area contributed by atoms with E-state index in [1.807, 2.05) is 86.6 Å². The van der Waals surface area contributed by atoms with Gasteiger partial charge in [0.25, 0.3) is 0 Å². The minimum Gasteiger partial charge on any atom is -0.494 e. The largest absolute Gasteiger partial charge is 0.494 e. The molecule has 1 heterocycles. The van der Waals surface area contributed by atoms with E-state index in [0.717, 1.165) is 44.9 Å². The van der Waals surface area contributed by atoms with Gasteiger partial charge in [0.1, 0.15) is 24.1 Å². The summed E-state index contributed by atoms with van der Waals surface area (Å²) in [6, 6.07) is 21.7.